The summed E-state index contributed by atoms with van der Waals surface area (Å²) in [5, 5.41) is 10.7. The Morgan fingerprint density at radius 1 is 1.14 bits per heavy atom. The number of anilines is 2. The number of benzene rings is 2. The van der Waals surface area contributed by atoms with Crippen molar-refractivity contribution in [3.63, 3.8) is 0 Å². The average molecular weight is 390 g/mol. The zero-order chi connectivity index (χ0) is 20.2. The summed E-state index contributed by atoms with van der Waals surface area (Å²) in [5.41, 5.74) is 1.79. The molecule has 1 saturated heterocycles. The van der Waals surface area contributed by atoms with Gasteiger partial charge in [0.2, 0.25) is 17.7 Å². The Kier molecular flexibility index (Phi) is 5.37. The summed E-state index contributed by atoms with van der Waals surface area (Å²) in [6, 6.07) is 19.1. The monoisotopic (exact) mass is 390 g/mol. The Morgan fingerprint density at radius 2 is 1.83 bits per heavy atom. The van der Waals surface area contributed by atoms with Crippen molar-refractivity contribution < 1.29 is 14.0 Å². The number of para-hydroxylation sites is 1. The molecule has 4 rings (SSSR count). The van der Waals surface area contributed by atoms with Crippen molar-refractivity contribution in [1.82, 2.24) is 10.2 Å². The van der Waals surface area contributed by atoms with Gasteiger partial charge < -0.3 is 9.32 Å². The normalized spacial score (nSPS) is 17.3. The zero-order valence-electron chi connectivity index (χ0n) is 16.1. The van der Waals surface area contributed by atoms with Crippen molar-refractivity contribution in [1.29, 1.82) is 0 Å². The summed E-state index contributed by atoms with van der Waals surface area (Å²) >= 11 is 0. The summed E-state index contributed by atoms with van der Waals surface area (Å²) in [6.07, 6.45) is 0.950. The number of nitrogens with one attached hydrogen (secondary N) is 1. The second-order valence-corrected chi connectivity index (χ2v) is 7.05. The average Bonchev–Trinajstić information content (AvgIpc) is 3.36. The van der Waals surface area contributed by atoms with E-state index in [0.29, 0.717) is 25.3 Å². The molecule has 2 atom stereocenters. The maximum absolute atomic E-state index is 12.7. The summed E-state index contributed by atoms with van der Waals surface area (Å²) in [7, 11) is 0. The van der Waals surface area contributed by atoms with Crippen LogP contribution in [0.25, 0.3) is 0 Å². The molecule has 1 aromatic heterocycles. The van der Waals surface area contributed by atoms with Crippen molar-refractivity contribution >= 4 is 23.5 Å². The van der Waals surface area contributed by atoms with Crippen LogP contribution in [0.15, 0.2) is 65.1 Å². The van der Waals surface area contributed by atoms with Gasteiger partial charge in [-0.2, -0.15) is 0 Å². The van der Waals surface area contributed by atoms with Crippen LogP contribution in [-0.4, -0.2) is 28.6 Å². The quantitative estimate of drug-likeness (QED) is 0.693. The first kappa shape index (κ1) is 18.9. The van der Waals surface area contributed by atoms with E-state index in [9.17, 15) is 9.59 Å². The minimum Gasteiger partial charge on any atom is -0.407 e. The predicted octanol–water partition coefficient (Wildman–Crippen LogP) is 3.72. The van der Waals surface area contributed by atoms with E-state index in [2.05, 4.69) is 15.5 Å². The van der Waals surface area contributed by atoms with Crippen LogP contribution in [0.3, 0.4) is 0 Å². The van der Waals surface area contributed by atoms with Crippen molar-refractivity contribution in [2.75, 3.05) is 16.8 Å². The van der Waals surface area contributed by atoms with Crippen LogP contribution >= 0.6 is 0 Å². The van der Waals surface area contributed by atoms with Gasteiger partial charge in [0.15, 0.2) is 0 Å². The van der Waals surface area contributed by atoms with Gasteiger partial charge in [0.25, 0.3) is 0 Å². The maximum atomic E-state index is 12.7. The minimum atomic E-state index is -0.298. The van der Waals surface area contributed by atoms with Crippen LogP contribution in [0.4, 0.5) is 11.7 Å². The number of hydrogen-bond donors (Lipinski definition) is 1. The molecule has 3 aromatic rings. The second kappa shape index (κ2) is 8.26. The van der Waals surface area contributed by atoms with Crippen LogP contribution in [0.2, 0.25) is 0 Å². The molecule has 2 amide bonds. The molecule has 29 heavy (non-hydrogen) atoms. The molecule has 7 heteroatoms. The molecule has 2 aromatic carbocycles. The molecular weight excluding hydrogens is 368 g/mol. The summed E-state index contributed by atoms with van der Waals surface area (Å²) in [6.45, 7) is 2.43. The van der Waals surface area contributed by atoms with Gasteiger partial charge in [0.1, 0.15) is 0 Å². The third kappa shape index (κ3) is 4.03. The first-order valence-electron chi connectivity index (χ1n) is 9.70. The minimum absolute atomic E-state index is 0.0140. The number of aromatic nitrogens is 2. The number of nitrogens with zero attached hydrogens (tertiary/aromatic N) is 3. The van der Waals surface area contributed by atoms with E-state index in [0.717, 1.165) is 11.3 Å². The van der Waals surface area contributed by atoms with Crippen LogP contribution < -0.4 is 10.2 Å². The first-order chi connectivity index (χ1) is 14.2. The number of carbonyl (C=O) groups is 2. The van der Waals surface area contributed by atoms with Gasteiger partial charge in [-0.05, 0) is 24.1 Å². The third-order valence-corrected chi connectivity index (χ3v) is 5.14. The number of rotatable bonds is 6. The molecule has 0 bridgehead atoms. The van der Waals surface area contributed by atoms with E-state index in [4.69, 9.17) is 4.42 Å². The van der Waals surface area contributed by atoms with Crippen LogP contribution in [0.1, 0.15) is 43.1 Å². The van der Waals surface area contributed by atoms with Gasteiger partial charge >= 0.3 is 6.01 Å². The number of carbonyl (C=O) groups excluding carboxylic acids is 2. The van der Waals surface area contributed by atoms with Crippen molar-refractivity contribution in [2.24, 2.45) is 0 Å². The van der Waals surface area contributed by atoms with E-state index >= 15 is 0 Å². The van der Waals surface area contributed by atoms with Crippen LogP contribution in [-0.2, 0) is 9.59 Å². The van der Waals surface area contributed by atoms with Crippen molar-refractivity contribution in [3.8, 4) is 0 Å². The van der Waals surface area contributed by atoms with E-state index < -0.39 is 0 Å². The molecule has 1 N–H and O–H groups in total. The first-order valence-corrected chi connectivity index (χ1v) is 9.70. The summed E-state index contributed by atoms with van der Waals surface area (Å²) < 4.78 is 5.67. The highest BCUT2D eigenvalue weighted by atomic mass is 16.4. The molecular formula is C22H22N4O3. The Bertz CT molecular complexity index is 988. The molecule has 1 aliphatic heterocycles. The van der Waals surface area contributed by atoms with Crippen LogP contribution in [0, 0.1) is 0 Å². The van der Waals surface area contributed by atoms with E-state index in [1.807, 2.05) is 67.6 Å². The summed E-state index contributed by atoms with van der Waals surface area (Å²) in [5.74, 6) is -0.313. The highest BCUT2D eigenvalue weighted by Crippen LogP contribution is 2.31. The Labute approximate surface area is 168 Å². The molecule has 1 aliphatic rings. The molecule has 2 unspecified atom stereocenters. The summed E-state index contributed by atoms with van der Waals surface area (Å²) in [4.78, 5) is 26.8. The molecule has 1 fully saturated rings. The molecule has 7 nitrogen and oxygen atoms in total. The third-order valence-electron chi connectivity index (χ3n) is 5.14. The fourth-order valence-corrected chi connectivity index (χ4v) is 3.63. The fraction of sp³-hybridized carbons (Fsp3) is 0.273. The highest BCUT2D eigenvalue weighted by molar-refractivity contribution is 5.96. The van der Waals surface area contributed by atoms with Crippen molar-refractivity contribution in [3.05, 3.63) is 72.1 Å². The Hall–Kier alpha value is -3.48. The molecule has 0 saturated carbocycles. The largest absolute Gasteiger partial charge is 0.407 e. The van der Waals surface area contributed by atoms with Gasteiger partial charge in [-0.1, -0.05) is 60.6 Å². The van der Waals surface area contributed by atoms with E-state index in [-0.39, 0.29) is 29.7 Å². The molecule has 0 spiro atoms. The van der Waals surface area contributed by atoms with Gasteiger partial charge in [-0.15, -0.1) is 5.10 Å². The number of amides is 2. The molecule has 0 radical (unpaired) electrons. The SMILES string of the molecule is CCC(C(=O)Nc1nnc(C2CC(=O)N(c3ccccc3)C2)o1)c1ccccc1. The van der Waals surface area contributed by atoms with Gasteiger partial charge in [-0.3, -0.25) is 14.9 Å². The molecule has 0 aliphatic carbocycles. The second-order valence-electron chi connectivity index (χ2n) is 7.05. The topological polar surface area (TPSA) is 88.3 Å². The lowest BCUT2D eigenvalue weighted by atomic mass is 9.96. The van der Waals surface area contributed by atoms with Gasteiger partial charge in [0.05, 0.1) is 11.8 Å². The Morgan fingerprint density at radius 3 is 2.52 bits per heavy atom. The van der Waals surface area contributed by atoms with Crippen LogP contribution in [0.5, 0.6) is 0 Å². The van der Waals surface area contributed by atoms with Crippen molar-refractivity contribution in [2.45, 2.75) is 31.6 Å². The smallest absolute Gasteiger partial charge is 0.322 e. The predicted molar refractivity (Wildman–Crippen MR) is 109 cm³/mol. The van der Waals surface area contributed by atoms with Gasteiger partial charge in [-0.25, -0.2) is 0 Å². The lowest BCUT2D eigenvalue weighted by Crippen LogP contribution is -2.24. The Balaban J connectivity index is 1.43. The van der Waals surface area contributed by atoms with E-state index in [1.165, 1.54) is 0 Å². The molecule has 2 heterocycles. The maximum Gasteiger partial charge on any atom is 0.322 e. The van der Waals surface area contributed by atoms with E-state index in [1.54, 1.807) is 4.90 Å². The standard InChI is InChI=1S/C22H22N4O3/c1-2-18(15-9-5-3-6-10-15)20(28)23-22-25-24-21(29-22)16-13-19(27)26(14-16)17-11-7-4-8-12-17/h3-12,16,18H,2,13-14H2,1H3,(H,23,25,28). The lowest BCUT2D eigenvalue weighted by Gasteiger charge is -2.15. The highest BCUT2D eigenvalue weighted by Gasteiger charge is 2.35. The number of hydrogen-bond acceptors (Lipinski definition) is 5. The van der Waals surface area contributed by atoms with Gasteiger partial charge in [0, 0.05) is 18.7 Å². The molecule has 148 valence electrons. The lowest BCUT2D eigenvalue weighted by molar-refractivity contribution is -0.118. The zero-order valence-corrected chi connectivity index (χ0v) is 16.1. The fourth-order valence-electron chi connectivity index (χ4n) is 3.63.